The lowest BCUT2D eigenvalue weighted by Crippen LogP contribution is -2.39. The van der Waals surface area contributed by atoms with Gasteiger partial charge in [-0.15, -0.1) is 0 Å². The molecule has 0 aliphatic heterocycles. The Bertz CT molecular complexity index is 1190. The van der Waals surface area contributed by atoms with Crippen molar-refractivity contribution in [2.24, 2.45) is 0 Å². The van der Waals surface area contributed by atoms with Gasteiger partial charge in [0.25, 0.3) is 0 Å². The molecule has 0 saturated heterocycles. The largest absolute Gasteiger partial charge is 0.462 e. The molecule has 1 fully saturated rings. The van der Waals surface area contributed by atoms with E-state index in [1.165, 1.54) is 22.9 Å². The molecule has 0 bridgehead atoms. The summed E-state index contributed by atoms with van der Waals surface area (Å²) in [5, 5.41) is 11.3. The minimum atomic E-state index is -0.541. The predicted octanol–water partition coefficient (Wildman–Crippen LogP) is 4.98. The molecule has 0 unspecified atom stereocenters. The summed E-state index contributed by atoms with van der Waals surface area (Å²) >= 11 is 0. The van der Waals surface area contributed by atoms with Crippen LogP contribution in [0.5, 0.6) is 0 Å². The van der Waals surface area contributed by atoms with Crippen molar-refractivity contribution in [2.45, 2.75) is 65.8 Å². The van der Waals surface area contributed by atoms with Crippen LogP contribution in [0.15, 0.2) is 24.4 Å². The summed E-state index contributed by atoms with van der Waals surface area (Å²) in [6.45, 7) is 8.07. The number of nitrogens with one attached hydrogen (secondary N) is 2. The van der Waals surface area contributed by atoms with Gasteiger partial charge in [0.15, 0.2) is 11.6 Å². The highest BCUT2D eigenvalue weighted by Gasteiger charge is 2.24. The van der Waals surface area contributed by atoms with Gasteiger partial charge in [0, 0.05) is 11.4 Å². The molecule has 1 aromatic carbocycles. The molecule has 0 atom stereocenters. The quantitative estimate of drug-likeness (QED) is 0.536. The number of rotatable bonds is 5. The first-order valence-corrected chi connectivity index (χ1v) is 11.6. The second kappa shape index (κ2) is 9.60. The number of hydrogen-bond acceptors (Lipinski definition) is 5. The molecular formula is C25H31N5O3. The number of carbonyl (C=O) groups excluding carboxylic acids is 2. The number of aryl methyl sites for hydroxylation is 3. The Kier molecular flexibility index (Phi) is 6.62. The van der Waals surface area contributed by atoms with Gasteiger partial charge < -0.3 is 10.1 Å². The third-order valence-corrected chi connectivity index (χ3v) is 6.10. The number of ether oxygens (including phenoxy) is 1. The molecule has 3 aromatic rings. The number of hydrogen-bond donors (Lipinski definition) is 2. The Morgan fingerprint density at radius 2 is 1.85 bits per heavy atom. The van der Waals surface area contributed by atoms with Crippen LogP contribution >= 0.6 is 0 Å². The number of anilines is 1. The van der Waals surface area contributed by atoms with Gasteiger partial charge in [-0.25, -0.2) is 14.6 Å². The van der Waals surface area contributed by atoms with E-state index in [2.05, 4.69) is 34.8 Å². The fourth-order valence-electron chi connectivity index (χ4n) is 4.51. The first-order valence-electron chi connectivity index (χ1n) is 11.6. The molecule has 2 heterocycles. The van der Waals surface area contributed by atoms with Crippen LogP contribution in [0.25, 0.3) is 16.7 Å². The second-order valence-corrected chi connectivity index (χ2v) is 8.75. The average Bonchev–Trinajstić information content (AvgIpc) is 3.18. The molecule has 2 N–H and O–H groups in total. The van der Waals surface area contributed by atoms with Crippen LogP contribution in [0.3, 0.4) is 0 Å². The van der Waals surface area contributed by atoms with Gasteiger partial charge in [0.2, 0.25) is 0 Å². The van der Waals surface area contributed by atoms with Crippen molar-refractivity contribution in [2.75, 3.05) is 11.9 Å². The summed E-state index contributed by atoms with van der Waals surface area (Å²) in [7, 11) is 0. The number of esters is 1. The third-order valence-electron chi connectivity index (χ3n) is 6.10. The lowest BCUT2D eigenvalue weighted by molar-refractivity contribution is 0.0527. The number of aromatic nitrogens is 3. The lowest BCUT2D eigenvalue weighted by Gasteiger charge is -2.23. The van der Waals surface area contributed by atoms with Crippen molar-refractivity contribution in [3.63, 3.8) is 0 Å². The molecule has 0 radical (unpaired) electrons. The van der Waals surface area contributed by atoms with Crippen molar-refractivity contribution < 1.29 is 14.3 Å². The highest BCUT2D eigenvalue weighted by Crippen LogP contribution is 2.27. The van der Waals surface area contributed by atoms with E-state index in [0.29, 0.717) is 5.82 Å². The molecule has 174 valence electrons. The third kappa shape index (κ3) is 4.84. The second-order valence-electron chi connectivity index (χ2n) is 8.75. The SMILES string of the molecule is CCOC(=O)c1cnn(-c2cc(C)c3cc(C)cc(C)c3n2)c1NC(=O)NC1CCCCC1. The highest BCUT2D eigenvalue weighted by atomic mass is 16.5. The number of amides is 2. The molecule has 0 spiro atoms. The van der Waals surface area contributed by atoms with E-state index in [1.54, 1.807) is 6.92 Å². The van der Waals surface area contributed by atoms with Crippen LogP contribution in [0.1, 0.15) is 66.1 Å². The molecule has 8 nitrogen and oxygen atoms in total. The van der Waals surface area contributed by atoms with Crippen LogP contribution in [-0.2, 0) is 4.74 Å². The van der Waals surface area contributed by atoms with E-state index in [4.69, 9.17) is 9.72 Å². The number of nitrogens with zero attached hydrogens (tertiary/aromatic N) is 3. The van der Waals surface area contributed by atoms with E-state index < -0.39 is 5.97 Å². The molecular weight excluding hydrogens is 418 g/mol. The Balaban J connectivity index is 1.73. The van der Waals surface area contributed by atoms with Crippen molar-refractivity contribution in [1.29, 1.82) is 0 Å². The summed E-state index contributed by atoms with van der Waals surface area (Å²) in [5.74, 6) is 0.231. The van der Waals surface area contributed by atoms with Crippen molar-refractivity contribution in [3.05, 3.63) is 46.6 Å². The van der Waals surface area contributed by atoms with Gasteiger partial charge in [0.1, 0.15) is 5.56 Å². The van der Waals surface area contributed by atoms with Crippen LogP contribution in [-0.4, -0.2) is 39.4 Å². The van der Waals surface area contributed by atoms with E-state index >= 15 is 0 Å². The normalized spacial score (nSPS) is 14.3. The zero-order chi connectivity index (χ0) is 23.5. The van der Waals surface area contributed by atoms with Crippen LogP contribution in [0, 0.1) is 20.8 Å². The maximum atomic E-state index is 12.8. The summed E-state index contributed by atoms with van der Waals surface area (Å²) in [6.07, 6.45) is 6.75. The highest BCUT2D eigenvalue weighted by molar-refractivity contribution is 6.00. The molecule has 2 amide bonds. The number of urea groups is 1. The van der Waals surface area contributed by atoms with Gasteiger partial charge in [-0.2, -0.15) is 9.78 Å². The van der Waals surface area contributed by atoms with Gasteiger partial charge in [-0.3, -0.25) is 5.32 Å². The number of pyridine rings is 1. The predicted molar refractivity (Wildman–Crippen MR) is 128 cm³/mol. The maximum Gasteiger partial charge on any atom is 0.343 e. The van der Waals surface area contributed by atoms with Crippen molar-refractivity contribution in [3.8, 4) is 5.82 Å². The van der Waals surface area contributed by atoms with Crippen molar-refractivity contribution >= 4 is 28.7 Å². The molecule has 1 aliphatic rings. The fraction of sp³-hybridized carbons (Fsp3) is 0.440. The Morgan fingerprint density at radius 3 is 2.58 bits per heavy atom. The first-order chi connectivity index (χ1) is 15.9. The van der Waals surface area contributed by atoms with E-state index in [9.17, 15) is 9.59 Å². The molecule has 1 saturated carbocycles. The number of benzene rings is 1. The van der Waals surface area contributed by atoms with Gasteiger partial charge in [-0.05, 0) is 63.8 Å². The molecule has 33 heavy (non-hydrogen) atoms. The zero-order valence-corrected chi connectivity index (χ0v) is 19.7. The zero-order valence-electron chi connectivity index (χ0n) is 19.7. The van der Waals surface area contributed by atoms with Gasteiger partial charge in [-0.1, -0.05) is 30.9 Å². The van der Waals surface area contributed by atoms with E-state index in [-0.39, 0.29) is 30.1 Å². The van der Waals surface area contributed by atoms with Crippen LogP contribution < -0.4 is 10.6 Å². The van der Waals surface area contributed by atoms with Gasteiger partial charge in [0.05, 0.1) is 18.3 Å². The smallest absolute Gasteiger partial charge is 0.343 e. The van der Waals surface area contributed by atoms with Crippen molar-refractivity contribution in [1.82, 2.24) is 20.1 Å². The summed E-state index contributed by atoms with van der Waals surface area (Å²) < 4.78 is 6.69. The topological polar surface area (TPSA) is 98.1 Å². The molecule has 2 aromatic heterocycles. The Labute approximate surface area is 193 Å². The maximum absolute atomic E-state index is 12.8. The summed E-state index contributed by atoms with van der Waals surface area (Å²) in [6, 6.07) is 5.88. The number of fused-ring (bicyclic) bond motifs is 1. The van der Waals surface area contributed by atoms with E-state index in [0.717, 1.165) is 47.7 Å². The fourth-order valence-corrected chi connectivity index (χ4v) is 4.51. The monoisotopic (exact) mass is 449 g/mol. The minimum Gasteiger partial charge on any atom is -0.462 e. The van der Waals surface area contributed by atoms with Crippen LogP contribution in [0.2, 0.25) is 0 Å². The van der Waals surface area contributed by atoms with Gasteiger partial charge >= 0.3 is 12.0 Å². The summed E-state index contributed by atoms with van der Waals surface area (Å²) in [5.41, 5.74) is 4.31. The standard InChI is InChI=1S/C25H31N5O3/c1-5-33-24(31)20-14-26-30(23(20)29-25(32)27-18-9-7-6-8-10-18)21-13-16(3)19-12-15(2)11-17(4)22(19)28-21/h11-14,18H,5-10H2,1-4H3,(H2,27,29,32). The first kappa shape index (κ1) is 22.8. The molecule has 1 aliphatic carbocycles. The molecule has 8 heteroatoms. The minimum absolute atomic E-state index is 0.132. The van der Waals surface area contributed by atoms with E-state index in [1.807, 2.05) is 19.9 Å². The van der Waals surface area contributed by atoms with Crippen LogP contribution in [0.4, 0.5) is 10.6 Å². The molecule has 4 rings (SSSR count). The average molecular weight is 450 g/mol. The number of carbonyl (C=O) groups is 2. The lowest BCUT2D eigenvalue weighted by atomic mass is 9.96. The Morgan fingerprint density at radius 1 is 1.09 bits per heavy atom. The Hall–Kier alpha value is -3.42. The summed E-state index contributed by atoms with van der Waals surface area (Å²) in [4.78, 5) is 30.2.